The van der Waals surface area contributed by atoms with Crippen LogP contribution in [0.15, 0.2) is 24.0 Å². The molecule has 1 rings (SSSR count). The van der Waals surface area contributed by atoms with Crippen LogP contribution in [0.5, 0.6) is 0 Å². The predicted molar refractivity (Wildman–Crippen MR) is 69.8 cm³/mol. The molecule has 0 aliphatic carbocycles. The van der Waals surface area contributed by atoms with Crippen LogP contribution in [0.25, 0.3) is 0 Å². The third-order valence-electron chi connectivity index (χ3n) is 2.97. The molecule has 4 nitrogen and oxygen atoms in total. The highest BCUT2D eigenvalue weighted by Gasteiger charge is 2.18. The van der Waals surface area contributed by atoms with E-state index in [2.05, 4.69) is 6.58 Å². The minimum absolute atomic E-state index is 0.266. The zero-order valence-electron chi connectivity index (χ0n) is 11.4. The monoisotopic (exact) mass is 256 g/mol. The normalized spacial score (nSPS) is 22.6. The van der Waals surface area contributed by atoms with Gasteiger partial charge in [-0.15, -0.1) is 0 Å². The largest absolute Gasteiger partial charge is 0.497 e. The second-order valence-corrected chi connectivity index (χ2v) is 4.42. The fraction of sp³-hybridized carbons (Fsp3) is 0.714. The van der Waals surface area contributed by atoms with E-state index in [4.69, 9.17) is 14.2 Å². The predicted octanol–water partition coefficient (Wildman–Crippen LogP) is 2.73. The lowest BCUT2D eigenvalue weighted by Crippen LogP contribution is -2.28. The third kappa shape index (κ3) is 5.67. The van der Waals surface area contributed by atoms with Crippen LogP contribution in [0.2, 0.25) is 0 Å². The molecular weight excluding hydrogens is 232 g/mol. The Bertz CT molecular complexity index is 280. The Balaban J connectivity index is 2.38. The molecule has 2 atom stereocenters. The summed E-state index contributed by atoms with van der Waals surface area (Å²) in [5.74, 6) is 0.591. The van der Waals surface area contributed by atoms with E-state index in [0.717, 1.165) is 31.3 Å². The van der Waals surface area contributed by atoms with E-state index in [-0.39, 0.29) is 6.29 Å². The summed E-state index contributed by atoms with van der Waals surface area (Å²) in [7, 11) is 1.58. The van der Waals surface area contributed by atoms with Gasteiger partial charge in [0.25, 0.3) is 0 Å². The van der Waals surface area contributed by atoms with Gasteiger partial charge in [-0.25, -0.2) is 0 Å². The van der Waals surface area contributed by atoms with Gasteiger partial charge in [-0.1, -0.05) is 19.1 Å². The van der Waals surface area contributed by atoms with E-state index in [1.54, 1.807) is 7.11 Å². The minimum atomic E-state index is -0.830. The van der Waals surface area contributed by atoms with E-state index < -0.39 is 6.29 Å². The molecule has 1 aliphatic heterocycles. The molecule has 1 N–H and O–H groups in total. The van der Waals surface area contributed by atoms with Crippen molar-refractivity contribution in [3.8, 4) is 0 Å². The molecule has 2 unspecified atom stereocenters. The molecule has 0 radical (unpaired) electrons. The van der Waals surface area contributed by atoms with Gasteiger partial charge in [0.05, 0.1) is 7.11 Å². The van der Waals surface area contributed by atoms with Crippen molar-refractivity contribution >= 4 is 0 Å². The Labute approximate surface area is 109 Å². The number of aliphatic hydroxyl groups is 1. The van der Waals surface area contributed by atoms with Crippen LogP contribution in [0.4, 0.5) is 0 Å². The first kappa shape index (κ1) is 15.2. The Hall–Kier alpha value is -0.840. The highest BCUT2D eigenvalue weighted by Crippen LogP contribution is 2.19. The van der Waals surface area contributed by atoms with Crippen molar-refractivity contribution in [3.63, 3.8) is 0 Å². The Kier molecular flexibility index (Phi) is 7.01. The number of allylic oxidation sites excluding steroid dienone is 1. The van der Waals surface area contributed by atoms with Crippen LogP contribution in [0.3, 0.4) is 0 Å². The van der Waals surface area contributed by atoms with E-state index in [9.17, 15) is 5.11 Å². The van der Waals surface area contributed by atoms with Gasteiger partial charge in [0.15, 0.2) is 12.6 Å². The van der Waals surface area contributed by atoms with Crippen LogP contribution >= 0.6 is 0 Å². The summed E-state index contributed by atoms with van der Waals surface area (Å²) in [5.41, 5.74) is 1.05. The van der Waals surface area contributed by atoms with E-state index >= 15 is 0 Å². The molecule has 0 bridgehead atoms. The molecule has 4 heteroatoms. The number of aliphatic hydroxyl groups excluding tert-OH is 1. The standard InChI is InChI=1S/C14H24O4/c1-4-12(9-11(2)16-3)10-13(15)18-14-7-5-6-8-17-14/h9,13-15H,2,4-8,10H2,1,3H3/b12-9+. The first-order chi connectivity index (χ1) is 8.65. The first-order valence-corrected chi connectivity index (χ1v) is 6.53. The molecule has 0 aromatic rings. The van der Waals surface area contributed by atoms with Crippen molar-refractivity contribution in [2.45, 2.75) is 51.6 Å². The van der Waals surface area contributed by atoms with Crippen molar-refractivity contribution in [2.75, 3.05) is 13.7 Å². The van der Waals surface area contributed by atoms with Crippen LogP contribution in [-0.2, 0) is 14.2 Å². The second-order valence-electron chi connectivity index (χ2n) is 4.42. The topological polar surface area (TPSA) is 47.9 Å². The van der Waals surface area contributed by atoms with E-state index in [1.807, 2.05) is 13.0 Å². The van der Waals surface area contributed by atoms with Crippen molar-refractivity contribution in [1.82, 2.24) is 0 Å². The van der Waals surface area contributed by atoms with Crippen LogP contribution in [-0.4, -0.2) is 31.4 Å². The van der Waals surface area contributed by atoms with Gasteiger partial charge in [-0.05, 0) is 31.8 Å². The Morgan fingerprint density at radius 3 is 2.89 bits per heavy atom. The van der Waals surface area contributed by atoms with Crippen molar-refractivity contribution in [2.24, 2.45) is 0 Å². The quantitative estimate of drug-likeness (QED) is 0.432. The van der Waals surface area contributed by atoms with Crippen LogP contribution < -0.4 is 0 Å². The Morgan fingerprint density at radius 1 is 1.56 bits per heavy atom. The molecule has 0 saturated carbocycles. The highest BCUT2D eigenvalue weighted by atomic mass is 16.7. The van der Waals surface area contributed by atoms with Gasteiger partial charge < -0.3 is 19.3 Å². The molecule has 0 spiro atoms. The molecule has 0 aromatic heterocycles. The molecule has 1 saturated heterocycles. The maximum Gasteiger partial charge on any atom is 0.161 e. The first-order valence-electron chi connectivity index (χ1n) is 6.53. The summed E-state index contributed by atoms with van der Waals surface area (Å²) in [6, 6.07) is 0. The van der Waals surface area contributed by atoms with Gasteiger partial charge in [-0.2, -0.15) is 0 Å². The van der Waals surface area contributed by atoms with Crippen molar-refractivity contribution in [3.05, 3.63) is 24.0 Å². The molecule has 0 aromatic carbocycles. The summed E-state index contributed by atoms with van der Waals surface area (Å²) < 4.78 is 15.9. The van der Waals surface area contributed by atoms with Gasteiger partial charge in [0, 0.05) is 13.0 Å². The molecule has 18 heavy (non-hydrogen) atoms. The molecule has 1 fully saturated rings. The smallest absolute Gasteiger partial charge is 0.161 e. The summed E-state index contributed by atoms with van der Waals surface area (Å²) in [6.07, 6.45) is 5.05. The van der Waals surface area contributed by atoms with Gasteiger partial charge >= 0.3 is 0 Å². The average molecular weight is 256 g/mol. The number of rotatable bonds is 7. The van der Waals surface area contributed by atoms with Gasteiger partial charge in [0.1, 0.15) is 5.76 Å². The molecule has 1 heterocycles. The average Bonchev–Trinajstić information content (AvgIpc) is 2.38. The number of ether oxygens (including phenoxy) is 3. The lowest BCUT2D eigenvalue weighted by molar-refractivity contribution is -0.239. The summed E-state index contributed by atoms with van der Waals surface area (Å²) in [4.78, 5) is 0. The van der Waals surface area contributed by atoms with Crippen LogP contribution in [0.1, 0.15) is 39.0 Å². The van der Waals surface area contributed by atoms with Crippen LogP contribution in [0, 0.1) is 0 Å². The second kappa shape index (κ2) is 8.29. The maximum absolute atomic E-state index is 9.88. The fourth-order valence-electron chi connectivity index (χ4n) is 1.86. The van der Waals surface area contributed by atoms with Crippen molar-refractivity contribution in [1.29, 1.82) is 0 Å². The molecule has 104 valence electrons. The zero-order chi connectivity index (χ0) is 13.4. The van der Waals surface area contributed by atoms with Gasteiger partial charge in [-0.3, -0.25) is 0 Å². The summed E-state index contributed by atoms with van der Waals surface area (Å²) in [6.45, 7) is 6.48. The lowest BCUT2D eigenvalue weighted by Gasteiger charge is -2.25. The zero-order valence-corrected chi connectivity index (χ0v) is 11.4. The highest BCUT2D eigenvalue weighted by molar-refractivity contribution is 5.15. The van der Waals surface area contributed by atoms with E-state index in [1.165, 1.54) is 0 Å². The Morgan fingerprint density at radius 2 is 2.33 bits per heavy atom. The molecular formula is C14H24O4. The third-order valence-corrected chi connectivity index (χ3v) is 2.97. The number of hydrogen-bond acceptors (Lipinski definition) is 4. The molecule has 0 amide bonds. The van der Waals surface area contributed by atoms with E-state index in [0.29, 0.717) is 18.8 Å². The minimum Gasteiger partial charge on any atom is -0.497 e. The summed E-state index contributed by atoms with van der Waals surface area (Å²) >= 11 is 0. The number of hydrogen-bond donors (Lipinski definition) is 1. The fourth-order valence-corrected chi connectivity index (χ4v) is 1.86. The summed E-state index contributed by atoms with van der Waals surface area (Å²) in [5, 5.41) is 9.88. The molecule has 1 aliphatic rings. The SMILES string of the molecule is C=C(/C=C(\CC)CC(O)OC1CCCCO1)OC. The van der Waals surface area contributed by atoms with Gasteiger partial charge in [0.2, 0.25) is 0 Å². The number of methoxy groups -OCH3 is 1. The lowest BCUT2D eigenvalue weighted by atomic mass is 10.1. The van der Waals surface area contributed by atoms with Crippen molar-refractivity contribution < 1.29 is 19.3 Å². The maximum atomic E-state index is 9.88.